The molecule has 1 amide bonds. The van der Waals surface area contributed by atoms with Crippen LogP contribution in [-0.2, 0) is 0 Å². The van der Waals surface area contributed by atoms with E-state index in [4.69, 9.17) is 0 Å². The van der Waals surface area contributed by atoms with Crippen molar-refractivity contribution in [2.75, 3.05) is 6.54 Å². The molecule has 0 bridgehead atoms. The zero-order valence-electron chi connectivity index (χ0n) is 14.7. The van der Waals surface area contributed by atoms with E-state index >= 15 is 0 Å². The molecule has 0 radical (unpaired) electrons. The molecule has 1 saturated carbocycles. The molecular weight excluding hydrogens is 321 g/mol. The molecule has 132 valence electrons. The number of hydrogen-bond acceptors (Lipinski definition) is 3. The molecule has 1 aliphatic carbocycles. The third-order valence-electron chi connectivity index (χ3n) is 4.20. The Morgan fingerprint density at radius 2 is 2.04 bits per heavy atom. The van der Waals surface area contributed by atoms with E-state index in [1.165, 1.54) is 16.8 Å². The Bertz CT molecular complexity index is 856. The van der Waals surface area contributed by atoms with Crippen LogP contribution in [0.5, 0.6) is 0 Å². The maximum Gasteiger partial charge on any atom is 0.278 e. The minimum atomic E-state index is -0.457. The molecule has 0 N–H and O–H groups in total. The summed E-state index contributed by atoms with van der Waals surface area (Å²) in [5.74, 6) is -0.531. The molecule has 3 rings (SSSR count). The van der Waals surface area contributed by atoms with Crippen molar-refractivity contribution in [1.82, 2.24) is 14.7 Å². The zero-order valence-corrected chi connectivity index (χ0v) is 14.7. The van der Waals surface area contributed by atoms with E-state index in [9.17, 15) is 14.0 Å². The number of benzene rings is 1. The van der Waals surface area contributed by atoms with E-state index < -0.39 is 11.2 Å². The minimum absolute atomic E-state index is 0.151. The molecule has 0 aliphatic heterocycles. The van der Waals surface area contributed by atoms with Gasteiger partial charge in [-0.25, -0.2) is 9.07 Å². The Labute approximate surface area is 146 Å². The fourth-order valence-corrected chi connectivity index (χ4v) is 2.88. The van der Waals surface area contributed by atoms with E-state index in [0.29, 0.717) is 18.2 Å². The van der Waals surface area contributed by atoms with E-state index in [-0.39, 0.29) is 23.3 Å². The molecule has 1 aliphatic rings. The highest BCUT2D eigenvalue weighted by molar-refractivity contribution is 5.92. The smallest absolute Gasteiger partial charge is 0.278 e. The summed E-state index contributed by atoms with van der Waals surface area (Å²) in [5.41, 5.74) is 0.121. The molecule has 0 spiro atoms. The van der Waals surface area contributed by atoms with Crippen molar-refractivity contribution in [2.24, 2.45) is 5.92 Å². The van der Waals surface area contributed by atoms with Gasteiger partial charge in [0.15, 0.2) is 5.69 Å². The first kappa shape index (κ1) is 17.3. The van der Waals surface area contributed by atoms with Crippen LogP contribution < -0.4 is 5.43 Å². The first-order valence-electron chi connectivity index (χ1n) is 8.55. The number of rotatable bonds is 5. The van der Waals surface area contributed by atoms with Crippen molar-refractivity contribution in [3.05, 3.63) is 57.8 Å². The standard InChI is InChI=1S/C19H22FN3O2/c1-12(2)11-22(14-8-9-14)19(25)18-17(24)10-13(3)23(21-18)16-7-5-4-6-15(16)20/h4-7,10,12,14H,8-9,11H2,1-3H3. The van der Waals surface area contributed by atoms with Gasteiger partial charge < -0.3 is 4.90 Å². The van der Waals surface area contributed by atoms with Gasteiger partial charge in [-0.3, -0.25) is 9.59 Å². The second kappa shape index (κ2) is 6.78. The molecule has 0 atom stereocenters. The lowest BCUT2D eigenvalue weighted by atomic mass is 10.2. The van der Waals surface area contributed by atoms with Crippen LogP contribution in [0, 0.1) is 18.7 Å². The molecule has 1 aromatic carbocycles. The average Bonchev–Trinajstić information content (AvgIpc) is 3.38. The van der Waals surface area contributed by atoms with Crippen LogP contribution in [-0.4, -0.2) is 33.2 Å². The van der Waals surface area contributed by atoms with Crippen molar-refractivity contribution in [3.8, 4) is 5.69 Å². The van der Waals surface area contributed by atoms with Crippen molar-refractivity contribution in [2.45, 2.75) is 39.7 Å². The maximum atomic E-state index is 14.1. The number of aryl methyl sites for hydroxylation is 1. The molecule has 2 aromatic rings. The molecule has 1 aromatic heterocycles. The number of halogens is 1. The number of carbonyl (C=O) groups excluding carboxylic acids is 1. The molecule has 1 fully saturated rings. The second-order valence-electron chi connectivity index (χ2n) is 6.94. The lowest BCUT2D eigenvalue weighted by Gasteiger charge is -2.24. The predicted octanol–water partition coefficient (Wildman–Crippen LogP) is 2.94. The SMILES string of the molecule is Cc1cc(=O)c(C(=O)N(CC(C)C)C2CC2)nn1-c1ccccc1F. The normalized spacial score (nSPS) is 14.0. The van der Waals surface area contributed by atoms with Crippen LogP contribution in [0.4, 0.5) is 4.39 Å². The Morgan fingerprint density at radius 1 is 1.36 bits per heavy atom. The molecule has 0 saturated heterocycles. The van der Waals surface area contributed by atoms with Crippen LogP contribution in [0.15, 0.2) is 35.1 Å². The van der Waals surface area contributed by atoms with Gasteiger partial charge >= 0.3 is 0 Å². The Hall–Kier alpha value is -2.50. The summed E-state index contributed by atoms with van der Waals surface area (Å²) >= 11 is 0. The number of amides is 1. The topological polar surface area (TPSA) is 55.2 Å². The summed E-state index contributed by atoms with van der Waals surface area (Å²) in [6.45, 7) is 6.31. The number of hydrogen-bond donors (Lipinski definition) is 0. The van der Waals surface area contributed by atoms with Gasteiger partial charge in [0.2, 0.25) is 5.43 Å². The quantitative estimate of drug-likeness (QED) is 0.839. The largest absolute Gasteiger partial charge is 0.334 e. The Balaban J connectivity index is 2.04. The first-order valence-corrected chi connectivity index (χ1v) is 8.55. The van der Waals surface area contributed by atoms with Crippen molar-refractivity contribution < 1.29 is 9.18 Å². The van der Waals surface area contributed by atoms with Gasteiger partial charge in [-0.05, 0) is 37.8 Å². The summed E-state index contributed by atoms with van der Waals surface area (Å²) in [6, 6.07) is 7.69. The van der Waals surface area contributed by atoms with Gasteiger partial charge in [-0.15, -0.1) is 0 Å². The van der Waals surface area contributed by atoms with Crippen molar-refractivity contribution >= 4 is 5.91 Å². The van der Waals surface area contributed by atoms with Crippen LogP contribution in [0.2, 0.25) is 0 Å². The van der Waals surface area contributed by atoms with Gasteiger partial charge in [-0.1, -0.05) is 26.0 Å². The maximum absolute atomic E-state index is 14.1. The molecular formula is C19H22FN3O2. The summed E-state index contributed by atoms with van der Waals surface area (Å²) in [4.78, 5) is 27.0. The third kappa shape index (κ3) is 3.62. The fraction of sp³-hybridized carbons (Fsp3) is 0.421. The summed E-state index contributed by atoms with van der Waals surface area (Å²) in [6.07, 6.45) is 1.90. The second-order valence-corrected chi connectivity index (χ2v) is 6.94. The van der Waals surface area contributed by atoms with Crippen molar-refractivity contribution in [3.63, 3.8) is 0 Å². The number of carbonyl (C=O) groups is 1. The monoisotopic (exact) mass is 343 g/mol. The molecule has 5 nitrogen and oxygen atoms in total. The Morgan fingerprint density at radius 3 is 2.64 bits per heavy atom. The fourth-order valence-electron chi connectivity index (χ4n) is 2.88. The van der Waals surface area contributed by atoms with E-state index in [2.05, 4.69) is 5.10 Å². The van der Waals surface area contributed by atoms with Crippen molar-refractivity contribution in [1.29, 1.82) is 0 Å². The van der Waals surface area contributed by atoms with E-state index in [1.54, 1.807) is 30.0 Å². The van der Waals surface area contributed by atoms with Crippen LogP contribution >= 0.6 is 0 Å². The third-order valence-corrected chi connectivity index (χ3v) is 4.20. The lowest BCUT2D eigenvalue weighted by molar-refractivity contribution is 0.0713. The molecule has 6 heteroatoms. The first-order chi connectivity index (χ1) is 11.9. The van der Waals surface area contributed by atoms with Crippen LogP contribution in [0.3, 0.4) is 0 Å². The number of para-hydroxylation sites is 1. The molecule has 1 heterocycles. The summed E-state index contributed by atoms with van der Waals surface area (Å²) < 4.78 is 15.4. The van der Waals surface area contributed by atoms with Gasteiger partial charge in [0.25, 0.3) is 5.91 Å². The molecule has 0 unspecified atom stereocenters. The predicted molar refractivity (Wildman–Crippen MR) is 93.4 cm³/mol. The van der Waals surface area contributed by atoms with Crippen LogP contribution in [0.25, 0.3) is 5.69 Å². The lowest BCUT2D eigenvalue weighted by Crippen LogP contribution is -2.40. The van der Waals surface area contributed by atoms with Gasteiger partial charge in [0.05, 0.1) is 0 Å². The van der Waals surface area contributed by atoms with Gasteiger partial charge in [0, 0.05) is 24.3 Å². The Kier molecular flexibility index (Phi) is 4.70. The highest BCUT2D eigenvalue weighted by Gasteiger charge is 2.35. The number of nitrogens with zero attached hydrogens (tertiary/aromatic N) is 3. The number of aromatic nitrogens is 2. The van der Waals surface area contributed by atoms with Crippen LogP contribution in [0.1, 0.15) is 42.9 Å². The highest BCUT2D eigenvalue weighted by Crippen LogP contribution is 2.28. The molecule has 25 heavy (non-hydrogen) atoms. The minimum Gasteiger partial charge on any atom is -0.334 e. The highest BCUT2D eigenvalue weighted by atomic mass is 19.1. The summed E-state index contributed by atoms with van der Waals surface area (Å²) in [5, 5.41) is 4.21. The van der Waals surface area contributed by atoms with Gasteiger partial charge in [0.1, 0.15) is 11.5 Å². The van der Waals surface area contributed by atoms with E-state index in [1.807, 2.05) is 13.8 Å². The van der Waals surface area contributed by atoms with E-state index in [0.717, 1.165) is 12.8 Å². The van der Waals surface area contributed by atoms with Gasteiger partial charge in [-0.2, -0.15) is 5.10 Å². The summed E-state index contributed by atoms with van der Waals surface area (Å²) in [7, 11) is 0. The average molecular weight is 343 g/mol. The zero-order chi connectivity index (χ0) is 18.1.